The van der Waals surface area contributed by atoms with Gasteiger partial charge in [-0.3, -0.25) is 10.1 Å². The van der Waals surface area contributed by atoms with Gasteiger partial charge in [-0.2, -0.15) is 0 Å². The number of carbonyl (C=O) groups excluding carboxylic acids is 1. The second-order valence-corrected chi connectivity index (χ2v) is 7.37. The molecule has 0 bridgehead atoms. The monoisotopic (exact) mass is 318 g/mol. The highest BCUT2D eigenvalue weighted by molar-refractivity contribution is 9.11. The highest BCUT2D eigenvalue weighted by Crippen LogP contribution is 2.27. The fraction of sp³-hybridized carbons (Fsp3) is 0.636. The lowest BCUT2D eigenvalue weighted by Crippen LogP contribution is -2.44. The van der Waals surface area contributed by atoms with E-state index >= 15 is 0 Å². The van der Waals surface area contributed by atoms with Gasteiger partial charge in [0.2, 0.25) is 0 Å². The molecule has 0 radical (unpaired) electrons. The maximum Gasteiger partial charge on any atom is 0.324 e. The van der Waals surface area contributed by atoms with E-state index in [0.717, 1.165) is 9.61 Å². The largest absolute Gasteiger partial charge is 0.459 e. The van der Waals surface area contributed by atoms with Gasteiger partial charge in [0.05, 0.1) is 5.69 Å². The van der Waals surface area contributed by atoms with E-state index in [9.17, 15) is 4.79 Å². The van der Waals surface area contributed by atoms with Crippen molar-refractivity contribution >= 4 is 33.2 Å². The number of fused-ring (bicyclic) bond motifs is 1. The minimum Gasteiger partial charge on any atom is -0.459 e. The number of hydrogen-bond acceptors (Lipinski definition) is 5. The van der Waals surface area contributed by atoms with E-state index in [0.29, 0.717) is 13.0 Å². The first-order valence-electron chi connectivity index (χ1n) is 5.45. The van der Waals surface area contributed by atoms with Crippen molar-refractivity contribution in [2.24, 2.45) is 0 Å². The predicted octanol–water partition coefficient (Wildman–Crippen LogP) is 2.26. The molecule has 0 saturated heterocycles. The van der Waals surface area contributed by atoms with Crippen LogP contribution >= 0.6 is 27.3 Å². The molecule has 1 aliphatic heterocycles. The SMILES string of the molecule is CC(C)(C)OC(=O)[C@@H]1Cc2nc(Br)sc2CN1. The number of nitrogens with one attached hydrogen (secondary N) is 1. The first kappa shape index (κ1) is 13.0. The van der Waals surface area contributed by atoms with Crippen molar-refractivity contribution in [1.82, 2.24) is 10.3 Å². The smallest absolute Gasteiger partial charge is 0.324 e. The molecule has 1 N–H and O–H groups in total. The first-order valence-corrected chi connectivity index (χ1v) is 7.06. The Hall–Kier alpha value is -0.460. The lowest BCUT2D eigenvalue weighted by atomic mass is 10.1. The molecule has 1 aliphatic rings. The number of hydrogen-bond donors (Lipinski definition) is 1. The van der Waals surface area contributed by atoms with Crippen molar-refractivity contribution in [2.45, 2.75) is 45.4 Å². The fourth-order valence-corrected chi connectivity index (χ4v) is 3.23. The molecule has 4 nitrogen and oxygen atoms in total. The zero-order valence-corrected chi connectivity index (χ0v) is 12.4. The Balaban J connectivity index is 2.05. The van der Waals surface area contributed by atoms with Crippen LogP contribution in [0.1, 0.15) is 31.3 Å². The molecular formula is C11H15BrN2O2S. The summed E-state index contributed by atoms with van der Waals surface area (Å²) in [4.78, 5) is 17.5. The molecule has 6 heteroatoms. The zero-order chi connectivity index (χ0) is 12.6. The molecule has 1 aromatic heterocycles. The molecule has 2 heterocycles. The van der Waals surface area contributed by atoms with Gasteiger partial charge in [0, 0.05) is 17.8 Å². The van der Waals surface area contributed by atoms with Crippen LogP contribution in [0.2, 0.25) is 0 Å². The third kappa shape index (κ3) is 3.26. The van der Waals surface area contributed by atoms with E-state index in [1.165, 1.54) is 4.88 Å². The Bertz CT molecular complexity index is 439. The highest BCUT2D eigenvalue weighted by atomic mass is 79.9. The second-order valence-electron chi connectivity index (χ2n) is 5.01. The third-order valence-electron chi connectivity index (χ3n) is 2.35. The summed E-state index contributed by atoms with van der Waals surface area (Å²) in [5.41, 5.74) is 0.554. The summed E-state index contributed by atoms with van der Waals surface area (Å²) in [7, 11) is 0. The third-order valence-corrected chi connectivity index (χ3v) is 3.90. The average Bonchev–Trinajstić information content (AvgIpc) is 2.53. The molecule has 1 aromatic rings. The van der Waals surface area contributed by atoms with Crippen LogP contribution < -0.4 is 5.32 Å². The Labute approximate surface area is 113 Å². The van der Waals surface area contributed by atoms with Gasteiger partial charge in [-0.1, -0.05) is 0 Å². The number of ether oxygens (including phenoxy) is 1. The van der Waals surface area contributed by atoms with Crippen molar-refractivity contribution in [3.8, 4) is 0 Å². The van der Waals surface area contributed by atoms with Crippen LogP contribution in [0.5, 0.6) is 0 Å². The Kier molecular flexibility index (Phi) is 3.56. The summed E-state index contributed by atoms with van der Waals surface area (Å²) < 4.78 is 6.23. The lowest BCUT2D eigenvalue weighted by Gasteiger charge is -2.26. The maximum atomic E-state index is 11.9. The maximum absolute atomic E-state index is 11.9. The summed E-state index contributed by atoms with van der Waals surface area (Å²) in [5, 5.41) is 3.19. The predicted molar refractivity (Wildman–Crippen MR) is 70.0 cm³/mol. The van der Waals surface area contributed by atoms with Gasteiger partial charge in [-0.25, -0.2) is 4.98 Å². The molecule has 17 heavy (non-hydrogen) atoms. The van der Waals surface area contributed by atoms with Crippen LogP contribution in [0.25, 0.3) is 0 Å². The highest BCUT2D eigenvalue weighted by Gasteiger charge is 2.30. The Morgan fingerprint density at radius 1 is 1.59 bits per heavy atom. The number of esters is 1. The standard InChI is InChI=1S/C11H15BrN2O2S/c1-11(2,3)16-9(15)7-4-6-8(5-13-7)17-10(12)14-6/h7,13H,4-5H2,1-3H3/t7-/m0/s1. The van der Waals surface area contributed by atoms with Crippen molar-refractivity contribution < 1.29 is 9.53 Å². The van der Waals surface area contributed by atoms with Crippen molar-refractivity contribution in [2.75, 3.05) is 0 Å². The van der Waals surface area contributed by atoms with Crippen LogP contribution in [0.3, 0.4) is 0 Å². The van der Waals surface area contributed by atoms with Gasteiger partial charge in [0.25, 0.3) is 0 Å². The molecule has 0 amide bonds. The topological polar surface area (TPSA) is 51.2 Å². The van der Waals surface area contributed by atoms with Crippen LogP contribution in [-0.2, 0) is 22.5 Å². The molecule has 0 aliphatic carbocycles. The van der Waals surface area contributed by atoms with E-state index < -0.39 is 5.60 Å². The molecule has 0 spiro atoms. The van der Waals surface area contributed by atoms with E-state index in [1.54, 1.807) is 11.3 Å². The quantitative estimate of drug-likeness (QED) is 0.807. The molecule has 0 unspecified atom stereocenters. The number of carbonyl (C=O) groups is 1. The molecule has 0 aromatic carbocycles. The summed E-state index contributed by atoms with van der Waals surface area (Å²) >= 11 is 4.97. The molecular weight excluding hydrogens is 304 g/mol. The van der Waals surface area contributed by atoms with Crippen LogP contribution in [0, 0.1) is 0 Å². The van der Waals surface area contributed by atoms with Crippen molar-refractivity contribution in [3.63, 3.8) is 0 Å². The van der Waals surface area contributed by atoms with Crippen LogP contribution in [0.4, 0.5) is 0 Å². The zero-order valence-electron chi connectivity index (χ0n) is 10.0. The number of thiazole rings is 1. The van der Waals surface area contributed by atoms with E-state index in [2.05, 4.69) is 26.2 Å². The normalized spacial score (nSPS) is 19.9. The summed E-state index contributed by atoms with van der Waals surface area (Å²) in [6.45, 7) is 6.30. The van der Waals surface area contributed by atoms with Gasteiger partial charge in [0.1, 0.15) is 11.6 Å². The summed E-state index contributed by atoms with van der Waals surface area (Å²) in [6, 6.07) is -0.282. The molecule has 2 rings (SSSR count). The first-order chi connectivity index (χ1) is 7.85. The molecule has 0 saturated carbocycles. The molecule has 94 valence electrons. The Morgan fingerprint density at radius 3 is 2.94 bits per heavy atom. The summed E-state index contributed by atoms with van der Waals surface area (Å²) in [5.74, 6) is -0.202. The van der Waals surface area contributed by atoms with Crippen molar-refractivity contribution in [1.29, 1.82) is 0 Å². The molecule has 1 atom stereocenters. The minimum atomic E-state index is -0.443. The Morgan fingerprint density at radius 2 is 2.29 bits per heavy atom. The second kappa shape index (κ2) is 4.66. The van der Waals surface area contributed by atoms with E-state index in [-0.39, 0.29) is 12.0 Å². The lowest BCUT2D eigenvalue weighted by molar-refractivity contribution is -0.157. The van der Waals surface area contributed by atoms with Gasteiger partial charge in [-0.15, -0.1) is 11.3 Å². The van der Waals surface area contributed by atoms with Crippen LogP contribution in [0.15, 0.2) is 3.92 Å². The number of halogens is 1. The number of nitrogens with zero attached hydrogens (tertiary/aromatic N) is 1. The van der Waals surface area contributed by atoms with Crippen molar-refractivity contribution in [3.05, 3.63) is 14.5 Å². The number of rotatable bonds is 1. The average molecular weight is 319 g/mol. The minimum absolute atomic E-state index is 0.202. The van der Waals surface area contributed by atoms with Gasteiger partial charge < -0.3 is 4.74 Å². The van der Waals surface area contributed by atoms with Crippen LogP contribution in [-0.4, -0.2) is 22.6 Å². The van der Waals surface area contributed by atoms with E-state index in [1.807, 2.05) is 20.8 Å². The van der Waals surface area contributed by atoms with Gasteiger partial charge in [0.15, 0.2) is 3.92 Å². The number of aromatic nitrogens is 1. The summed E-state index contributed by atoms with van der Waals surface area (Å²) in [6.07, 6.45) is 0.604. The van der Waals surface area contributed by atoms with Gasteiger partial charge >= 0.3 is 5.97 Å². The van der Waals surface area contributed by atoms with E-state index in [4.69, 9.17) is 4.74 Å². The van der Waals surface area contributed by atoms with Gasteiger partial charge in [-0.05, 0) is 36.7 Å². The fourth-order valence-electron chi connectivity index (χ4n) is 1.67. The molecule has 0 fully saturated rings.